The molecule has 0 unspecified atom stereocenters. The maximum Gasteiger partial charge on any atom is 0.264 e. The summed E-state index contributed by atoms with van der Waals surface area (Å²) in [6.07, 6.45) is 0.972. The molecule has 0 aliphatic heterocycles. The number of sulfonamides is 1. The summed E-state index contributed by atoms with van der Waals surface area (Å²) in [5.74, 6) is -1.08. The van der Waals surface area contributed by atoms with Crippen LogP contribution in [0.5, 0.6) is 5.75 Å². The number of halogens is 2. The van der Waals surface area contributed by atoms with Crippen molar-refractivity contribution in [2.75, 3.05) is 18.0 Å². The fourth-order valence-electron chi connectivity index (χ4n) is 4.18. The summed E-state index contributed by atoms with van der Waals surface area (Å²) >= 11 is 6.41. The van der Waals surface area contributed by atoms with Gasteiger partial charge in [0.1, 0.15) is 24.2 Å². The lowest BCUT2D eigenvalue weighted by atomic mass is 10.1. The molecular weight excluding hydrogens is 569 g/mol. The number of nitrogens with zero attached hydrogens (tertiary/aromatic N) is 2. The fraction of sp³-hybridized carbons (Fsp3) is 0.333. The van der Waals surface area contributed by atoms with Crippen LogP contribution >= 0.6 is 11.6 Å². The molecule has 0 radical (unpaired) electrons. The van der Waals surface area contributed by atoms with Gasteiger partial charge in [-0.1, -0.05) is 43.6 Å². The van der Waals surface area contributed by atoms with E-state index in [4.69, 9.17) is 16.3 Å². The molecule has 2 amide bonds. The standard InChI is InChI=1S/C30H35ClFN3O5S/c1-5-21(3)33-30(37)28(6-2)34(19-22-9-7-8-10-27(22)31)29(36)20-35(24-13-11-23(32)12-14-24)41(38,39)26-17-15-25(40-4)16-18-26/h7-18,21,28H,5-6,19-20H2,1-4H3,(H,33,37)/t21-,28+/m0/s1. The van der Waals surface area contributed by atoms with Crippen molar-refractivity contribution >= 4 is 39.1 Å². The molecule has 0 aromatic heterocycles. The second-order valence-corrected chi connectivity index (χ2v) is 11.8. The summed E-state index contributed by atoms with van der Waals surface area (Å²) in [5, 5.41) is 3.33. The highest BCUT2D eigenvalue weighted by atomic mass is 35.5. The van der Waals surface area contributed by atoms with E-state index in [2.05, 4.69) is 5.32 Å². The molecule has 8 nitrogen and oxygen atoms in total. The Hall–Kier alpha value is -3.63. The predicted molar refractivity (Wildman–Crippen MR) is 158 cm³/mol. The minimum Gasteiger partial charge on any atom is -0.497 e. The number of rotatable bonds is 13. The summed E-state index contributed by atoms with van der Waals surface area (Å²) in [4.78, 5) is 28.6. The lowest BCUT2D eigenvalue weighted by Gasteiger charge is -2.34. The summed E-state index contributed by atoms with van der Waals surface area (Å²) < 4.78 is 47.6. The van der Waals surface area contributed by atoms with Crippen molar-refractivity contribution in [3.63, 3.8) is 0 Å². The highest BCUT2D eigenvalue weighted by Crippen LogP contribution is 2.27. The average molecular weight is 604 g/mol. The van der Waals surface area contributed by atoms with E-state index < -0.39 is 34.3 Å². The number of carbonyl (C=O) groups is 2. The monoisotopic (exact) mass is 603 g/mol. The number of anilines is 1. The molecule has 0 aliphatic carbocycles. The highest BCUT2D eigenvalue weighted by molar-refractivity contribution is 7.92. The van der Waals surface area contributed by atoms with Gasteiger partial charge in [0.05, 0.1) is 17.7 Å². The second kappa shape index (κ2) is 14.3. The maximum atomic E-state index is 14.1. The van der Waals surface area contributed by atoms with Gasteiger partial charge in [-0.15, -0.1) is 0 Å². The molecule has 0 spiro atoms. The number of hydrogen-bond acceptors (Lipinski definition) is 5. The van der Waals surface area contributed by atoms with Crippen molar-refractivity contribution in [3.05, 3.63) is 89.2 Å². The average Bonchev–Trinajstić information content (AvgIpc) is 2.97. The van der Waals surface area contributed by atoms with Crippen molar-refractivity contribution in [1.29, 1.82) is 0 Å². The van der Waals surface area contributed by atoms with Crippen LogP contribution in [0.3, 0.4) is 0 Å². The van der Waals surface area contributed by atoms with Crippen LogP contribution in [0, 0.1) is 5.82 Å². The zero-order valence-corrected chi connectivity index (χ0v) is 25.1. The number of ether oxygens (including phenoxy) is 1. The zero-order valence-electron chi connectivity index (χ0n) is 23.5. The first-order valence-corrected chi connectivity index (χ1v) is 15.1. The quantitative estimate of drug-likeness (QED) is 0.282. The maximum absolute atomic E-state index is 14.1. The molecule has 0 fully saturated rings. The fourth-order valence-corrected chi connectivity index (χ4v) is 5.79. The van der Waals surface area contributed by atoms with E-state index >= 15 is 0 Å². The second-order valence-electron chi connectivity index (χ2n) is 9.52. The van der Waals surface area contributed by atoms with Crippen LogP contribution in [0.25, 0.3) is 0 Å². The van der Waals surface area contributed by atoms with Crippen LogP contribution in [-0.4, -0.2) is 50.9 Å². The Labute approximate surface area is 246 Å². The number of methoxy groups -OCH3 is 1. The van der Waals surface area contributed by atoms with Crippen molar-refractivity contribution < 1.29 is 27.1 Å². The van der Waals surface area contributed by atoms with Crippen LogP contribution in [0.2, 0.25) is 5.02 Å². The van der Waals surface area contributed by atoms with E-state index in [1.54, 1.807) is 31.2 Å². The zero-order chi connectivity index (χ0) is 30.2. The van der Waals surface area contributed by atoms with E-state index in [9.17, 15) is 22.4 Å². The Morgan fingerprint density at radius 1 is 0.976 bits per heavy atom. The third-order valence-electron chi connectivity index (χ3n) is 6.73. The number of benzene rings is 3. The van der Waals surface area contributed by atoms with E-state index in [-0.39, 0.29) is 35.5 Å². The van der Waals surface area contributed by atoms with E-state index in [1.807, 2.05) is 13.8 Å². The molecular formula is C30H35ClFN3O5S. The van der Waals surface area contributed by atoms with E-state index in [0.717, 1.165) is 16.4 Å². The number of hydrogen-bond donors (Lipinski definition) is 1. The van der Waals surface area contributed by atoms with Crippen molar-refractivity contribution in [2.24, 2.45) is 0 Å². The van der Waals surface area contributed by atoms with Gasteiger partial charge in [-0.05, 0) is 79.9 Å². The normalized spacial score (nSPS) is 12.7. The van der Waals surface area contributed by atoms with Gasteiger partial charge in [0.25, 0.3) is 10.0 Å². The molecule has 3 rings (SSSR count). The van der Waals surface area contributed by atoms with Crippen LogP contribution in [0.15, 0.2) is 77.7 Å². The van der Waals surface area contributed by atoms with Crippen molar-refractivity contribution in [3.8, 4) is 5.75 Å². The molecule has 0 heterocycles. The number of nitrogens with one attached hydrogen (secondary N) is 1. The third-order valence-corrected chi connectivity index (χ3v) is 8.88. The van der Waals surface area contributed by atoms with Crippen LogP contribution < -0.4 is 14.4 Å². The Balaban J connectivity index is 2.06. The third kappa shape index (κ3) is 7.98. The lowest BCUT2D eigenvalue weighted by molar-refractivity contribution is -0.140. The van der Waals surface area contributed by atoms with Gasteiger partial charge in [-0.2, -0.15) is 0 Å². The molecule has 220 valence electrons. The predicted octanol–water partition coefficient (Wildman–Crippen LogP) is 5.41. The molecule has 0 saturated heterocycles. The molecule has 41 heavy (non-hydrogen) atoms. The van der Waals surface area contributed by atoms with Crippen LogP contribution in [0.1, 0.15) is 39.2 Å². The summed E-state index contributed by atoms with van der Waals surface area (Å²) in [5.41, 5.74) is 0.689. The Bertz CT molecular complexity index is 1440. The molecule has 2 atom stereocenters. The minimum atomic E-state index is -4.30. The summed E-state index contributed by atoms with van der Waals surface area (Å²) in [6.45, 7) is 4.91. The van der Waals surface area contributed by atoms with Gasteiger partial charge in [-0.3, -0.25) is 13.9 Å². The van der Waals surface area contributed by atoms with Gasteiger partial charge >= 0.3 is 0 Å². The Morgan fingerprint density at radius 2 is 1.61 bits per heavy atom. The largest absolute Gasteiger partial charge is 0.497 e. The van der Waals surface area contributed by atoms with Gasteiger partial charge in [0.2, 0.25) is 11.8 Å². The molecule has 3 aromatic rings. The first-order valence-electron chi connectivity index (χ1n) is 13.3. The molecule has 11 heteroatoms. The molecule has 1 N–H and O–H groups in total. The van der Waals surface area contributed by atoms with Gasteiger partial charge < -0.3 is 15.0 Å². The topological polar surface area (TPSA) is 96.0 Å². The van der Waals surface area contributed by atoms with Crippen LogP contribution in [-0.2, 0) is 26.2 Å². The number of carbonyl (C=O) groups excluding carboxylic acids is 2. The minimum absolute atomic E-state index is 0.0230. The summed E-state index contributed by atoms with van der Waals surface area (Å²) in [6, 6.07) is 16.4. The smallest absolute Gasteiger partial charge is 0.264 e. The lowest BCUT2D eigenvalue weighted by Crippen LogP contribution is -2.53. The van der Waals surface area contributed by atoms with E-state index in [1.165, 1.54) is 48.4 Å². The SMILES string of the molecule is CC[C@H](C(=O)N[C@@H](C)CC)N(Cc1ccccc1Cl)C(=O)CN(c1ccc(F)cc1)S(=O)(=O)c1ccc(OC)cc1. The number of amides is 2. The van der Waals surface area contributed by atoms with E-state index in [0.29, 0.717) is 22.8 Å². The highest BCUT2D eigenvalue weighted by Gasteiger charge is 2.34. The first kappa shape index (κ1) is 31.9. The van der Waals surface area contributed by atoms with Gasteiger partial charge in [-0.25, -0.2) is 12.8 Å². The summed E-state index contributed by atoms with van der Waals surface area (Å²) in [7, 11) is -2.84. The van der Waals surface area contributed by atoms with Gasteiger partial charge in [0, 0.05) is 17.6 Å². The molecule has 0 bridgehead atoms. The Morgan fingerprint density at radius 3 is 2.17 bits per heavy atom. The Kier molecular flexibility index (Phi) is 11.1. The van der Waals surface area contributed by atoms with Gasteiger partial charge in [0.15, 0.2) is 0 Å². The van der Waals surface area contributed by atoms with Crippen LogP contribution in [0.4, 0.5) is 10.1 Å². The first-order chi connectivity index (χ1) is 19.5. The molecule has 0 saturated carbocycles. The molecule has 0 aliphatic rings. The van der Waals surface area contributed by atoms with Crippen molar-refractivity contribution in [1.82, 2.24) is 10.2 Å². The van der Waals surface area contributed by atoms with Crippen molar-refractivity contribution in [2.45, 2.75) is 57.1 Å². The molecule has 3 aromatic carbocycles.